The lowest BCUT2D eigenvalue weighted by Gasteiger charge is -2.22. The largest absolute Gasteiger partial charge is 0.283 e. The summed E-state index contributed by atoms with van der Waals surface area (Å²) in [6, 6.07) is 16.2. The van der Waals surface area contributed by atoms with E-state index in [1.807, 2.05) is 46.8 Å². The van der Waals surface area contributed by atoms with Gasteiger partial charge in [0.2, 0.25) is 4.77 Å². The Morgan fingerprint density at radius 2 is 1.87 bits per heavy atom. The number of rotatable bonds is 5. The van der Waals surface area contributed by atoms with Crippen LogP contribution in [0, 0.1) is 18.6 Å². The molecule has 0 bridgehead atoms. The molecule has 1 aliphatic rings. The van der Waals surface area contributed by atoms with E-state index in [0.717, 1.165) is 17.1 Å². The molecule has 1 atom stereocenters. The summed E-state index contributed by atoms with van der Waals surface area (Å²) in [7, 11) is -1.01. The first-order valence-electron chi connectivity index (χ1n) is 9.99. The molecule has 1 aromatic heterocycles. The van der Waals surface area contributed by atoms with E-state index in [1.54, 1.807) is 4.68 Å². The molecule has 3 aromatic rings. The standard InChI is InChI=1S/C22H26N4O2S2/c1-16-9-10-19(13-17(16)2)26-21(18-7-5-4-6-8-18)23-25(22(26)29)15-24(3)20-11-12-30(27,28)14-20/h4-10,13,20H,11-12,14-15H2,1-3H3. The Labute approximate surface area is 182 Å². The Hall–Kier alpha value is -2.29. The summed E-state index contributed by atoms with van der Waals surface area (Å²) in [5.74, 6) is 1.22. The van der Waals surface area contributed by atoms with Crippen molar-refractivity contribution >= 4 is 22.1 Å². The lowest BCUT2D eigenvalue weighted by atomic mass is 10.1. The second-order valence-electron chi connectivity index (χ2n) is 8.03. The van der Waals surface area contributed by atoms with Crippen LogP contribution in [0.1, 0.15) is 17.5 Å². The number of benzene rings is 2. The highest BCUT2D eigenvalue weighted by Crippen LogP contribution is 2.25. The molecule has 158 valence electrons. The zero-order valence-electron chi connectivity index (χ0n) is 17.4. The van der Waals surface area contributed by atoms with E-state index in [9.17, 15) is 8.42 Å². The van der Waals surface area contributed by atoms with E-state index >= 15 is 0 Å². The van der Waals surface area contributed by atoms with Crippen molar-refractivity contribution in [2.24, 2.45) is 0 Å². The molecule has 0 spiro atoms. The molecule has 6 nitrogen and oxygen atoms in total. The molecule has 0 radical (unpaired) electrons. The third-order valence-corrected chi connectivity index (χ3v) is 7.95. The minimum atomic E-state index is -2.94. The van der Waals surface area contributed by atoms with Crippen LogP contribution in [0.25, 0.3) is 17.1 Å². The molecule has 8 heteroatoms. The smallest absolute Gasteiger partial charge is 0.204 e. The monoisotopic (exact) mass is 442 g/mol. The predicted molar refractivity (Wildman–Crippen MR) is 122 cm³/mol. The van der Waals surface area contributed by atoms with Gasteiger partial charge in [0.05, 0.1) is 23.9 Å². The van der Waals surface area contributed by atoms with Gasteiger partial charge in [0.15, 0.2) is 15.7 Å². The normalized spacial score (nSPS) is 18.2. The van der Waals surface area contributed by atoms with Gasteiger partial charge >= 0.3 is 0 Å². The van der Waals surface area contributed by atoms with Gasteiger partial charge in [-0.25, -0.2) is 13.1 Å². The first-order valence-corrected chi connectivity index (χ1v) is 12.2. The number of aromatic nitrogens is 3. The predicted octanol–water partition coefficient (Wildman–Crippen LogP) is 3.76. The molecule has 30 heavy (non-hydrogen) atoms. The average Bonchev–Trinajstić information content (AvgIpc) is 3.24. The van der Waals surface area contributed by atoms with E-state index < -0.39 is 9.84 Å². The molecule has 1 unspecified atom stereocenters. The summed E-state index contributed by atoms with van der Waals surface area (Å²) in [6.45, 7) is 4.62. The van der Waals surface area contributed by atoms with Gasteiger partial charge in [-0.2, -0.15) is 0 Å². The van der Waals surface area contributed by atoms with Crippen LogP contribution >= 0.6 is 12.2 Å². The van der Waals surface area contributed by atoms with Gasteiger partial charge in [-0.15, -0.1) is 5.10 Å². The Morgan fingerprint density at radius 3 is 2.50 bits per heavy atom. The summed E-state index contributed by atoms with van der Waals surface area (Å²) in [6.07, 6.45) is 0.648. The van der Waals surface area contributed by atoms with Crippen LogP contribution in [-0.2, 0) is 16.5 Å². The van der Waals surface area contributed by atoms with Gasteiger partial charge < -0.3 is 0 Å². The summed E-state index contributed by atoms with van der Waals surface area (Å²) >= 11 is 5.83. The van der Waals surface area contributed by atoms with Gasteiger partial charge in [0, 0.05) is 11.6 Å². The third kappa shape index (κ3) is 4.12. The molecule has 0 saturated carbocycles. The van der Waals surface area contributed by atoms with Crippen LogP contribution in [0.5, 0.6) is 0 Å². The van der Waals surface area contributed by atoms with E-state index in [4.69, 9.17) is 17.3 Å². The molecule has 1 saturated heterocycles. The van der Waals surface area contributed by atoms with Crippen LogP contribution in [-0.4, -0.2) is 52.3 Å². The minimum Gasteiger partial charge on any atom is -0.283 e. The lowest BCUT2D eigenvalue weighted by Crippen LogP contribution is -2.34. The fourth-order valence-electron chi connectivity index (χ4n) is 3.82. The van der Waals surface area contributed by atoms with Crippen molar-refractivity contribution in [2.75, 3.05) is 18.6 Å². The van der Waals surface area contributed by atoms with Crippen LogP contribution in [0.2, 0.25) is 0 Å². The Kier molecular flexibility index (Phi) is 5.65. The maximum Gasteiger partial charge on any atom is 0.204 e. The fourth-order valence-corrected chi connectivity index (χ4v) is 5.92. The molecule has 0 amide bonds. The molecule has 0 N–H and O–H groups in total. The average molecular weight is 443 g/mol. The SMILES string of the molecule is Cc1ccc(-n2c(-c3ccccc3)nn(CN(C)C3CCS(=O)(=O)C3)c2=S)cc1C. The van der Waals surface area contributed by atoms with Crippen LogP contribution in [0.4, 0.5) is 0 Å². The molecular formula is C22H26N4O2S2. The van der Waals surface area contributed by atoms with Crippen molar-refractivity contribution < 1.29 is 8.42 Å². The zero-order chi connectivity index (χ0) is 21.5. The van der Waals surface area contributed by atoms with E-state index in [-0.39, 0.29) is 17.5 Å². The van der Waals surface area contributed by atoms with Crippen molar-refractivity contribution in [3.8, 4) is 17.1 Å². The van der Waals surface area contributed by atoms with Crippen LogP contribution in [0.3, 0.4) is 0 Å². The highest BCUT2D eigenvalue weighted by Gasteiger charge is 2.31. The second-order valence-corrected chi connectivity index (χ2v) is 10.6. The molecule has 4 rings (SSSR count). The maximum absolute atomic E-state index is 11.9. The van der Waals surface area contributed by atoms with Crippen molar-refractivity contribution in [1.29, 1.82) is 0 Å². The Balaban J connectivity index is 1.76. The first kappa shape index (κ1) is 21.0. The summed E-state index contributed by atoms with van der Waals surface area (Å²) in [5, 5.41) is 4.84. The number of nitrogens with zero attached hydrogens (tertiary/aromatic N) is 4. The number of hydrogen-bond donors (Lipinski definition) is 0. The summed E-state index contributed by atoms with van der Waals surface area (Å²) in [5.41, 5.74) is 4.36. The van der Waals surface area contributed by atoms with Crippen LogP contribution in [0.15, 0.2) is 48.5 Å². The molecule has 2 aromatic carbocycles. The highest BCUT2D eigenvalue weighted by molar-refractivity contribution is 7.91. The lowest BCUT2D eigenvalue weighted by molar-refractivity contribution is 0.196. The van der Waals surface area contributed by atoms with E-state index in [0.29, 0.717) is 17.9 Å². The Morgan fingerprint density at radius 1 is 1.13 bits per heavy atom. The fraction of sp³-hybridized carbons (Fsp3) is 0.364. The summed E-state index contributed by atoms with van der Waals surface area (Å²) in [4.78, 5) is 2.03. The van der Waals surface area contributed by atoms with E-state index in [1.165, 1.54) is 11.1 Å². The quantitative estimate of drug-likeness (QED) is 0.563. The number of aryl methyl sites for hydroxylation is 2. The number of hydrogen-bond acceptors (Lipinski definition) is 5. The first-order chi connectivity index (χ1) is 14.2. The topological polar surface area (TPSA) is 60.1 Å². The van der Waals surface area contributed by atoms with Crippen LogP contribution < -0.4 is 0 Å². The van der Waals surface area contributed by atoms with Gasteiger partial charge in [0.25, 0.3) is 0 Å². The molecule has 2 heterocycles. The minimum absolute atomic E-state index is 0.0103. The van der Waals surface area contributed by atoms with Crippen molar-refractivity contribution in [3.63, 3.8) is 0 Å². The van der Waals surface area contributed by atoms with Gasteiger partial charge in [-0.3, -0.25) is 9.47 Å². The van der Waals surface area contributed by atoms with Crippen molar-refractivity contribution in [1.82, 2.24) is 19.2 Å². The molecule has 0 aliphatic carbocycles. The van der Waals surface area contributed by atoms with Crippen molar-refractivity contribution in [2.45, 2.75) is 33.0 Å². The van der Waals surface area contributed by atoms with Gasteiger partial charge in [-0.1, -0.05) is 36.4 Å². The second kappa shape index (κ2) is 8.09. The molecule has 1 fully saturated rings. The molecule has 1 aliphatic heterocycles. The van der Waals surface area contributed by atoms with Gasteiger partial charge in [-0.05, 0) is 62.8 Å². The molecular weight excluding hydrogens is 416 g/mol. The number of sulfone groups is 1. The third-order valence-electron chi connectivity index (χ3n) is 5.81. The highest BCUT2D eigenvalue weighted by atomic mass is 32.2. The maximum atomic E-state index is 11.9. The Bertz CT molecular complexity index is 1230. The van der Waals surface area contributed by atoms with E-state index in [2.05, 4.69) is 32.0 Å². The van der Waals surface area contributed by atoms with Crippen molar-refractivity contribution in [3.05, 3.63) is 64.4 Å². The van der Waals surface area contributed by atoms with Gasteiger partial charge in [0.1, 0.15) is 0 Å². The zero-order valence-corrected chi connectivity index (χ0v) is 19.1. The summed E-state index contributed by atoms with van der Waals surface area (Å²) < 4.78 is 28.1.